The van der Waals surface area contributed by atoms with Crippen LogP contribution in [0.2, 0.25) is 0 Å². The van der Waals surface area contributed by atoms with Gasteiger partial charge in [0.05, 0.1) is 26.0 Å². The van der Waals surface area contributed by atoms with Crippen molar-refractivity contribution in [2.24, 2.45) is 5.16 Å². The molecule has 0 atom stereocenters. The molecular weight excluding hydrogens is 418 g/mol. The number of nitrogens with zero attached hydrogens (tertiary/aromatic N) is 5. The van der Waals surface area contributed by atoms with Crippen molar-refractivity contribution >= 4 is 11.7 Å². The number of rotatable bonds is 7. The summed E-state index contributed by atoms with van der Waals surface area (Å²) in [6, 6.07) is 6.49. The summed E-state index contributed by atoms with van der Waals surface area (Å²) in [6.45, 7) is 3.35. The number of aryl methyl sites for hydroxylation is 1. The Hall–Kier alpha value is -4.28. The lowest BCUT2D eigenvalue weighted by Crippen LogP contribution is -2.11. The van der Waals surface area contributed by atoms with Gasteiger partial charge in [-0.05, 0) is 25.5 Å². The summed E-state index contributed by atoms with van der Waals surface area (Å²) in [5.41, 5.74) is 1.25. The predicted octanol–water partition coefficient (Wildman–Crippen LogP) is 3.14. The molecule has 0 saturated carbocycles. The number of hydrogen-bond donors (Lipinski definition) is 1. The summed E-state index contributed by atoms with van der Waals surface area (Å²) in [4.78, 5) is 32.1. The lowest BCUT2D eigenvalue weighted by molar-refractivity contribution is 0.0693. The van der Waals surface area contributed by atoms with Crippen molar-refractivity contribution in [1.29, 1.82) is 0 Å². The molecule has 11 nitrogen and oxygen atoms in total. The molecule has 3 aromatic rings. The molecule has 0 aliphatic carbocycles. The molecule has 1 N–H and O–H groups in total. The van der Waals surface area contributed by atoms with Crippen LogP contribution in [-0.4, -0.2) is 58.1 Å². The molecule has 0 fully saturated rings. The minimum absolute atomic E-state index is 0.0753. The van der Waals surface area contributed by atoms with Crippen LogP contribution in [0.25, 0.3) is 0 Å². The van der Waals surface area contributed by atoms with Crippen LogP contribution in [0.5, 0.6) is 23.5 Å². The molecule has 0 aliphatic heterocycles. The Morgan fingerprint density at radius 3 is 2.09 bits per heavy atom. The molecule has 32 heavy (non-hydrogen) atoms. The molecule has 0 bridgehead atoms. The summed E-state index contributed by atoms with van der Waals surface area (Å²) in [5, 5.41) is 13.5. The smallest absolute Gasteiger partial charge is 0.340 e. The quantitative estimate of drug-likeness (QED) is 0.430. The average molecular weight is 441 g/mol. The SMILES string of the molecule is CON=C(C)c1ccc(C)c(Oc2nc(OC)cc(OC)n2)c1C(=O)O.c1cncnc1. The molecule has 0 spiro atoms. The fourth-order valence-corrected chi connectivity index (χ4v) is 2.50. The number of hydrogen-bond acceptors (Lipinski definition) is 10. The van der Waals surface area contributed by atoms with E-state index in [0.717, 1.165) is 0 Å². The highest BCUT2D eigenvalue weighted by molar-refractivity contribution is 6.09. The molecule has 168 valence electrons. The topological polar surface area (TPSA) is 138 Å². The number of benzene rings is 1. The fourth-order valence-electron chi connectivity index (χ4n) is 2.50. The van der Waals surface area contributed by atoms with Gasteiger partial charge in [-0.1, -0.05) is 17.3 Å². The van der Waals surface area contributed by atoms with Gasteiger partial charge in [-0.2, -0.15) is 9.97 Å². The maximum Gasteiger partial charge on any atom is 0.340 e. The number of carbonyl (C=O) groups is 1. The molecule has 0 saturated heterocycles. The highest BCUT2D eigenvalue weighted by Gasteiger charge is 2.23. The van der Waals surface area contributed by atoms with Gasteiger partial charge >= 0.3 is 12.0 Å². The summed E-state index contributed by atoms with van der Waals surface area (Å²) < 4.78 is 15.8. The standard InChI is InChI=1S/C17H19N3O6.C4H4N2/c1-9-6-7-11(10(2)20-25-5)14(16(21)22)15(9)26-17-18-12(23-3)8-13(19-17)24-4;1-2-5-4-6-3-1/h6-8H,1-5H3,(H,21,22);1-4H. The van der Waals surface area contributed by atoms with Crippen molar-refractivity contribution in [1.82, 2.24) is 19.9 Å². The Morgan fingerprint density at radius 2 is 1.66 bits per heavy atom. The van der Waals surface area contributed by atoms with E-state index in [1.165, 1.54) is 33.7 Å². The second-order valence-electron chi connectivity index (χ2n) is 6.04. The zero-order chi connectivity index (χ0) is 23.5. The zero-order valence-electron chi connectivity index (χ0n) is 18.3. The predicted molar refractivity (Wildman–Crippen MR) is 115 cm³/mol. The monoisotopic (exact) mass is 441 g/mol. The van der Waals surface area contributed by atoms with Gasteiger partial charge in [-0.15, -0.1) is 0 Å². The first-order valence-corrected chi connectivity index (χ1v) is 9.21. The summed E-state index contributed by atoms with van der Waals surface area (Å²) in [6.07, 6.45) is 4.88. The van der Waals surface area contributed by atoms with E-state index in [2.05, 4.69) is 25.1 Å². The van der Waals surface area contributed by atoms with E-state index in [-0.39, 0.29) is 29.1 Å². The minimum Gasteiger partial charge on any atom is -0.481 e. The Bertz CT molecular complexity index is 1030. The molecule has 11 heteroatoms. The number of oxime groups is 1. The molecular formula is C21H23N5O6. The molecule has 0 aliphatic rings. The first-order valence-electron chi connectivity index (χ1n) is 9.21. The van der Waals surface area contributed by atoms with Gasteiger partial charge in [0, 0.05) is 18.0 Å². The molecule has 0 amide bonds. The maximum atomic E-state index is 11.9. The summed E-state index contributed by atoms with van der Waals surface area (Å²) in [7, 11) is 4.25. The van der Waals surface area contributed by atoms with Gasteiger partial charge < -0.3 is 24.2 Å². The van der Waals surface area contributed by atoms with Gasteiger partial charge in [-0.3, -0.25) is 0 Å². The van der Waals surface area contributed by atoms with Crippen molar-refractivity contribution in [3.05, 3.63) is 59.7 Å². The van der Waals surface area contributed by atoms with Gasteiger partial charge in [-0.25, -0.2) is 14.8 Å². The van der Waals surface area contributed by atoms with Gasteiger partial charge in [0.2, 0.25) is 11.8 Å². The molecule has 3 rings (SSSR count). The second-order valence-corrected chi connectivity index (χ2v) is 6.04. The lowest BCUT2D eigenvalue weighted by Gasteiger charge is -2.14. The van der Waals surface area contributed by atoms with E-state index >= 15 is 0 Å². The van der Waals surface area contributed by atoms with Crippen molar-refractivity contribution in [2.75, 3.05) is 21.3 Å². The van der Waals surface area contributed by atoms with Gasteiger partial charge in [0.15, 0.2) is 0 Å². The van der Waals surface area contributed by atoms with E-state index in [1.54, 1.807) is 44.4 Å². The number of aromatic nitrogens is 4. The number of aromatic carboxylic acids is 1. The fraction of sp³-hybridized carbons (Fsp3) is 0.238. The van der Waals surface area contributed by atoms with Crippen LogP contribution in [0, 0.1) is 6.92 Å². The van der Waals surface area contributed by atoms with Crippen LogP contribution in [0.15, 0.2) is 48.1 Å². The Labute approximate surface area is 184 Å². The second kappa shape index (κ2) is 11.8. The minimum atomic E-state index is -1.18. The average Bonchev–Trinajstić information content (AvgIpc) is 2.81. The van der Waals surface area contributed by atoms with Crippen molar-refractivity contribution < 1.29 is 28.9 Å². The summed E-state index contributed by atoms with van der Waals surface area (Å²) in [5.74, 6) is -0.653. The third kappa shape index (κ3) is 6.36. The van der Waals surface area contributed by atoms with Crippen molar-refractivity contribution in [2.45, 2.75) is 13.8 Å². The van der Waals surface area contributed by atoms with Crippen molar-refractivity contribution in [3.8, 4) is 23.5 Å². The number of ether oxygens (including phenoxy) is 3. The number of carboxylic acid groups (broad SMARTS) is 1. The van der Waals surface area contributed by atoms with Crippen LogP contribution in [0.1, 0.15) is 28.4 Å². The molecule has 0 unspecified atom stereocenters. The normalized spacial score (nSPS) is 10.5. The maximum absolute atomic E-state index is 11.9. The molecule has 0 radical (unpaired) electrons. The number of methoxy groups -OCH3 is 2. The van der Waals surface area contributed by atoms with E-state index in [1.807, 2.05) is 0 Å². The van der Waals surface area contributed by atoms with Crippen LogP contribution in [-0.2, 0) is 4.84 Å². The van der Waals surface area contributed by atoms with Gasteiger partial charge in [0.1, 0.15) is 24.8 Å². The van der Waals surface area contributed by atoms with E-state index < -0.39 is 5.97 Å². The van der Waals surface area contributed by atoms with Gasteiger partial charge in [0.25, 0.3) is 0 Å². The Morgan fingerprint density at radius 1 is 1.03 bits per heavy atom. The Balaban J connectivity index is 0.000000520. The largest absolute Gasteiger partial charge is 0.481 e. The zero-order valence-corrected chi connectivity index (χ0v) is 18.3. The van der Waals surface area contributed by atoms with Crippen LogP contribution >= 0.6 is 0 Å². The first-order chi connectivity index (χ1) is 15.4. The highest BCUT2D eigenvalue weighted by atomic mass is 16.6. The summed E-state index contributed by atoms with van der Waals surface area (Å²) >= 11 is 0. The first kappa shape index (κ1) is 24.0. The van der Waals surface area contributed by atoms with E-state index in [0.29, 0.717) is 16.8 Å². The van der Waals surface area contributed by atoms with E-state index in [4.69, 9.17) is 19.0 Å². The van der Waals surface area contributed by atoms with Crippen molar-refractivity contribution in [3.63, 3.8) is 0 Å². The van der Waals surface area contributed by atoms with Crippen LogP contribution in [0.3, 0.4) is 0 Å². The molecule has 2 aromatic heterocycles. The molecule has 2 heterocycles. The van der Waals surface area contributed by atoms with Crippen LogP contribution in [0.4, 0.5) is 0 Å². The third-order valence-corrected chi connectivity index (χ3v) is 3.93. The third-order valence-electron chi connectivity index (χ3n) is 3.93. The van der Waals surface area contributed by atoms with Crippen LogP contribution < -0.4 is 14.2 Å². The Kier molecular flexibility index (Phi) is 8.84. The molecule has 1 aromatic carbocycles. The van der Waals surface area contributed by atoms with E-state index in [9.17, 15) is 9.90 Å². The number of carboxylic acids is 1. The lowest BCUT2D eigenvalue weighted by atomic mass is 9.99. The highest BCUT2D eigenvalue weighted by Crippen LogP contribution is 2.32.